The van der Waals surface area contributed by atoms with E-state index in [1.54, 1.807) is 14.2 Å². The van der Waals surface area contributed by atoms with Gasteiger partial charge in [-0.3, -0.25) is 0 Å². The van der Waals surface area contributed by atoms with Gasteiger partial charge in [-0.15, -0.1) is 0 Å². The van der Waals surface area contributed by atoms with Crippen molar-refractivity contribution >= 4 is 17.5 Å². The van der Waals surface area contributed by atoms with Crippen LogP contribution in [0.15, 0.2) is 0 Å². The van der Waals surface area contributed by atoms with Crippen LogP contribution in [-0.4, -0.2) is 41.3 Å². The number of anilines is 1. The molecule has 1 rings (SSSR count). The molecule has 0 aliphatic carbocycles. The minimum absolute atomic E-state index is 0.102. The SMILES string of the molecule is CNc1nc(Cl)nc(OCCC(C)(C)OC)n1. The molecule has 0 fully saturated rings. The molecular weight excluding hydrogens is 244 g/mol. The molecule has 0 amide bonds. The monoisotopic (exact) mass is 260 g/mol. The van der Waals surface area contributed by atoms with E-state index in [1.165, 1.54) is 0 Å². The molecule has 7 heteroatoms. The van der Waals surface area contributed by atoms with Gasteiger partial charge in [0.05, 0.1) is 12.2 Å². The molecule has 0 atom stereocenters. The predicted molar refractivity (Wildman–Crippen MR) is 65.6 cm³/mol. The second kappa shape index (κ2) is 5.97. The van der Waals surface area contributed by atoms with E-state index in [2.05, 4.69) is 20.3 Å². The summed E-state index contributed by atoms with van der Waals surface area (Å²) >= 11 is 5.72. The summed E-state index contributed by atoms with van der Waals surface area (Å²) in [5.74, 6) is 0.381. The van der Waals surface area contributed by atoms with Crippen LogP contribution in [0.2, 0.25) is 5.28 Å². The van der Waals surface area contributed by atoms with Crippen molar-refractivity contribution < 1.29 is 9.47 Å². The fourth-order valence-electron chi connectivity index (χ4n) is 0.998. The molecule has 0 aliphatic heterocycles. The van der Waals surface area contributed by atoms with Crippen molar-refractivity contribution in [3.63, 3.8) is 0 Å². The highest BCUT2D eigenvalue weighted by Crippen LogP contribution is 2.15. The Kier molecular flexibility index (Phi) is 4.89. The fourth-order valence-corrected chi connectivity index (χ4v) is 1.15. The lowest BCUT2D eigenvalue weighted by molar-refractivity contribution is 0.00467. The highest BCUT2D eigenvalue weighted by molar-refractivity contribution is 6.28. The number of ether oxygens (including phenoxy) is 2. The van der Waals surface area contributed by atoms with Crippen LogP contribution in [0.1, 0.15) is 20.3 Å². The summed E-state index contributed by atoms with van der Waals surface area (Å²) in [6.45, 7) is 4.41. The molecule has 1 aromatic rings. The van der Waals surface area contributed by atoms with Crippen LogP contribution in [0.25, 0.3) is 0 Å². The number of nitrogens with one attached hydrogen (secondary N) is 1. The van der Waals surface area contributed by atoms with E-state index in [0.717, 1.165) is 6.42 Å². The van der Waals surface area contributed by atoms with Crippen molar-refractivity contribution in [1.29, 1.82) is 0 Å². The second-order valence-corrected chi connectivity index (χ2v) is 4.36. The van der Waals surface area contributed by atoms with Crippen molar-refractivity contribution in [2.45, 2.75) is 25.9 Å². The summed E-state index contributed by atoms with van der Waals surface area (Å²) in [6.07, 6.45) is 0.724. The van der Waals surface area contributed by atoms with Crippen molar-refractivity contribution in [3.8, 4) is 6.01 Å². The van der Waals surface area contributed by atoms with E-state index >= 15 is 0 Å². The van der Waals surface area contributed by atoms with Crippen LogP contribution in [0.3, 0.4) is 0 Å². The molecule has 0 spiro atoms. The lowest BCUT2D eigenvalue weighted by Crippen LogP contribution is -2.25. The summed E-state index contributed by atoms with van der Waals surface area (Å²) in [5, 5.41) is 2.88. The van der Waals surface area contributed by atoms with Gasteiger partial charge in [0.2, 0.25) is 11.2 Å². The Morgan fingerprint density at radius 1 is 1.29 bits per heavy atom. The smallest absolute Gasteiger partial charge is 0.322 e. The molecule has 1 N–H and O–H groups in total. The van der Waals surface area contributed by atoms with Gasteiger partial charge in [-0.1, -0.05) is 0 Å². The minimum Gasteiger partial charge on any atom is -0.463 e. The first-order valence-electron chi connectivity index (χ1n) is 5.24. The average molecular weight is 261 g/mol. The van der Waals surface area contributed by atoms with Gasteiger partial charge in [-0.2, -0.15) is 15.0 Å². The predicted octanol–water partition coefficient (Wildman–Crippen LogP) is 1.76. The lowest BCUT2D eigenvalue weighted by Gasteiger charge is -2.22. The zero-order valence-corrected chi connectivity index (χ0v) is 11.2. The van der Waals surface area contributed by atoms with E-state index in [-0.39, 0.29) is 16.9 Å². The summed E-state index contributed by atoms with van der Waals surface area (Å²) in [4.78, 5) is 11.7. The largest absolute Gasteiger partial charge is 0.463 e. The Morgan fingerprint density at radius 3 is 2.59 bits per heavy atom. The van der Waals surface area contributed by atoms with Crippen LogP contribution in [0, 0.1) is 0 Å². The summed E-state index contributed by atoms with van der Waals surface area (Å²) < 4.78 is 10.7. The first-order valence-corrected chi connectivity index (χ1v) is 5.62. The number of nitrogens with zero attached hydrogens (tertiary/aromatic N) is 3. The molecule has 17 heavy (non-hydrogen) atoms. The first kappa shape index (κ1) is 13.9. The zero-order valence-electron chi connectivity index (χ0n) is 10.5. The highest BCUT2D eigenvalue weighted by Gasteiger charge is 2.16. The maximum atomic E-state index is 5.72. The Hall–Kier alpha value is -1.14. The highest BCUT2D eigenvalue weighted by atomic mass is 35.5. The van der Waals surface area contributed by atoms with Crippen molar-refractivity contribution in [2.24, 2.45) is 0 Å². The van der Waals surface area contributed by atoms with Gasteiger partial charge in [0.15, 0.2) is 0 Å². The standard InChI is InChI=1S/C10H17ClN4O2/c1-10(2,16-4)5-6-17-9-14-7(11)13-8(12-3)15-9/h5-6H2,1-4H3,(H,12,13,14,15). The molecule has 0 saturated heterocycles. The third-order valence-corrected chi connectivity index (χ3v) is 2.47. The van der Waals surface area contributed by atoms with Gasteiger partial charge in [-0.25, -0.2) is 0 Å². The Bertz CT molecular complexity index is 373. The van der Waals surface area contributed by atoms with Crippen LogP contribution in [0.4, 0.5) is 5.95 Å². The summed E-state index contributed by atoms with van der Waals surface area (Å²) in [6, 6.07) is 0.209. The quantitative estimate of drug-likeness (QED) is 0.841. The molecule has 0 saturated carbocycles. The number of aromatic nitrogens is 3. The zero-order chi connectivity index (χ0) is 12.9. The van der Waals surface area contributed by atoms with E-state index in [9.17, 15) is 0 Å². The van der Waals surface area contributed by atoms with Crippen molar-refractivity contribution in [3.05, 3.63) is 5.28 Å². The van der Waals surface area contributed by atoms with Gasteiger partial charge in [0, 0.05) is 20.6 Å². The molecule has 1 aromatic heterocycles. The van der Waals surface area contributed by atoms with E-state index in [1.807, 2.05) is 13.8 Å². The van der Waals surface area contributed by atoms with Crippen LogP contribution >= 0.6 is 11.6 Å². The molecule has 1 heterocycles. The molecule has 0 aliphatic rings. The van der Waals surface area contributed by atoms with Gasteiger partial charge >= 0.3 is 6.01 Å². The van der Waals surface area contributed by atoms with Crippen molar-refractivity contribution in [2.75, 3.05) is 26.1 Å². The summed E-state index contributed by atoms with van der Waals surface area (Å²) in [7, 11) is 3.36. The molecular formula is C10H17ClN4O2. The molecule has 0 aromatic carbocycles. The lowest BCUT2D eigenvalue weighted by atomic mass is 10.1. The van der Waals surface area contributed by atoms with E-state index in [0.29, 0.717) is 12.6 Å². The Labute approximate surface area is 106 Å². The van der Waals surface area contributed by atoms with Crippen LogP contribution in [-0.2, 0) is 4.74 Å². The van der Waals surface area contributed by atoms with Gasteiger partial charge in [0.25, 0.3) is 0 Å². The maximum absolute atomic E-state index is 5.72. The normalized spacial score (nSPS) is 11.4. The number of methoxy groups -OCH3 is 1. The molecule has 0 unspecified atom stereocenters. The first-order chi connectivity index (χ1) is 7.96. The van der Waals surface area contributed by atoms with Gasteiger partial charge in [-0.05, 0) is 25.4 Å². The minimum atomic E-state index is -0.233. The van der Waals surface area contributed by atoms with Gasteiger partial charge < -0.3 is 14.8 Å². The third kappa shape index (κ3) is 4.70. The average Bonchev–Trinajstić information content (AvgIpc) is 2.28. The van der Waals surface area contributed by atoms with Crippen LogP contribution < -0.4 is 10.1 Å². The molecule has 0 radical (unpaired) electrons. The molecule has 0 bridgehead atoms. The van der Waals surface area contributed by atoms with Crippen LogP contribution in [0.5, 0.6) is 6.01 Å². The van der Waals surface area contributed by atoms with E-state index < -0.39 is 0 Å². The number of hydrogen-bond donors (Lipinski definition) is 1. The molecule has 6 nitrogen and oxygen atoms in total. The summed E-state index contributed by atoms with van der Waals surface area (Å²) in [5.41, 5.74) is -0.233. The number of halogens is 1. The number of rotatable bonds is 6. The number of hydrogen-bond acceptors (Lipinski definition) is 6. The molecule has 96 valence electrons. The second-order valence-electron chi connectivity index (χ2n) is 4.02. The third-order valence-electron chi connectivity index (χ3n) is 2.30. The van der Waals surface area contributed by atoms with E-state index in [4.69, 9.17) is 21.1 Å². The fraction of sp³-hybridized carbons (Fsp3) is 0.700. The topological polar surface area (TPSA) is 69.2 Å². The maximum Gasteiger partial charge on any atom is 0.322 e. The Morgan fingerprint density at radius 2 is 2.00 bits per heavy atom. The Balaban J connectivity index is 2.55. The van der Waals surface area contributed by atoms with Crippen molar-refractivity contribution in [1.82, 2.24) is 15.0 Å². The van der Waals surface area contributed by atoms with Gasteiger partial charge in [0.1, 0.15) is 0 Å².